The number of nitrogens with one attached hydrogen (secondary N) is 2. The number of likely N-dealkylation sites (N-methyl/N-ethyl adjacent to an activating group) is 1. The molecule has 0 bridgehead atoms. The van der Waals surface area contributed by atoms with Crippen molar-refractivity contribution in [2.45, 2.75) is 52.4 Å². The van der Waals surface area contributed by atoms with E-state index in [1.165, 1.54) is 14.2 Å². The molecule has 1 aromatic carbocycles. The quantitative estimate of drug-likeness (QED) is 0.436. The molecule has 0 fully saturated rings. The van der Waals surface area contributed by atoms with Gasteiger partial charge in [-0.3, -0.25) is 14.4 Å². The van der Waals surface area contributed by atoms with Gasteiger partial charge in [-0.05, 0) is 24.8 Å². The van der Waals surface area contributed by atoms with Crippen LogP contribution >= 0.6 is 0 Å². The Morgan fingerprint density at radius 3 is 2.31 bits per heavy atom. The lowest BCUT2D eigenvalue weighted by atomic mass is 10.0. The summed E-state index contributed by atoms with van der Waals surface area (Å²) in [5.41, 5.74) is 1.41. The molecule has 0 aliphatic heterocycles. The third kappa shape index (κ3) is 8.91. The summed E-state index contributed by atoms with van der Waals surface area (Å²) in [6.45, 7) is 6.01. The number of carbonyl (C=O) groups is 3. The summed E-state index contributed by atoms with van der Waals surface area (Å²) >= 11 is 0. The number of hydrogen-bond acceptors (Lipinski definition) is 5. The van der Waals surface area contributed by atoms with Crippen molar-refractivity contribution in [1.29, 1.82) is 0 Å². The summed E-state index contributed by atoms with van der Waals surface area (Å²) < 4.78 is 10.5. The minimum Gasteiger partial charge on any atom is -0.469 e. The lowest BCUT2D eigenvalue weighted by Crippen LogP contribution is -2.52. The van der Waals surface area contributed by atoms with Crippen LogP contribution < -0.4 is 10.6 Å². The maximum absolute atomic E-state index is 12.8. The Balaban J connectivity index is 2.88. The number of rotatable bonds is 11. The first-order chi connectivity index (χ1) is 13.8. The maximum atomic E-state index is 12.8. The standard InChI is InChI=1S/C22H32N2O5/c1-15(2)13-18(11-12-19(25)28-5)21(26)24-20(22(27)23-4)16(3)29-14-17-9-7-6-8-10-17/h6-11,15-16,20H,12-14H2,1-5H3,(H,23,27)(H,24,26)/b18-11+/t16-,20+/m1/s1. The molecule has 0 aliphatic rings. The molecule has 2 amide bonds. The van der Waals surface area contributed by atoms with Crippen LogP contribution in [-0.2, 0) is 30.5 Å². The van der Waals surface area contributed by atoms with Gasteiger partial charge in [-0.25, -0.2) is 0 Å². The van der Waals surface area contributed by atoms with Gasteiger partial charge in [0.25, 0.3) is 0 Å². The third-order valence-electron chi connectivity index (χ3n) is 4.30. The molecule has 0 radical (unpaired) electrons. The van der Waals surface area contributed by atoms with Crippen molar-refractivity contribution >= 4 is 17.8 Å². The Morgan fingerprint density at radius 2 is 1.76 bits per heavy atom. The van der Waals surface area contributed by atoms with Gasteiger partial charge in [0.1, 0.15) is 6.04 Å². The van der Waals surface area contributed by atoms with Gasteiger partial charge in [0.2, 0.25) is 11.8 Å². The van der Waals surface area contributed by atoms with Crippen LogP contribution in [-0.4, -0.2) is 44.1 Å². The molecule has 0 unspecified atom stereocenters. The van der Waals surface area contributed by atoms with Crippen LogP contribution in [0.25, 0.3) is 0 Å². The SMILES string of the molecule is CNC(=O)[C@@H](NC(=O)/C(=C/CC(=O)OC)CC(C)C)[C@@H](C)OCc1ccccc1. The largest absolute Gasteiger partial charge is 0.469 e. The molecule has 0 aromatic heterocycles. The highest BCUT2D eigenvalue weighted by atomic mass is 16.5. The highest BCUT2D eigenvalue weighted by molar-refractivity contribution is 5.97. The van der Waals surface area contributed by atoms with E-state index in [0.29, 0.717) is 18.6 Å². The molecule has 2 N–H and O–H groups in total. The molecule has 1 rings (SSSR count). The van der Waals surface area contributed by atoms with Gasteiger partial charge in [-0.15, -0.1) is 0 Å². The second-order valence-electron chi connectivity index (χ2n) is 7.17. The van der Waals surface area contributed by atoms with Crippen LogP contribution in [0.15, 0.2) is 42.0 Å². The summed E-state index contributed by atoms with van der Waals surface area (Å²) in [6.07, 6.45) is 1.47. The highest BCUT2D eigenvalue weighted by Crippen LogP contribution is 2.14. The van der Waals surface area contributed by atoms with Gasteiger partial charge in [-0.1, -0.05) is 50.3 Å². The first-order valence-electron chi connectivity index (χ1n) is 9.72. The first-order valence-corrected chi connectivity index (χ1v) is 9.72. The van der Waals surface area contributed by atoms with E-state index >= 15 is 0 Å². The summed E-state index contributed by atoms with van der Waals surface area (Å²) in [6, 6.07) is 8.71. The smallest absolute Gasteiger partial charge is 0.309 e. The summed E-state index contributed by atoms with van der Waals surface area (Å²) in [4.78, 5) is 36.6. The fourth-order valence-electron chi connectivity index (χ4n) is 2.68. The van der Waals surface area contributed by atoms with E-state index in [4.69, 9.17) is 4.74 Å². The molecule has 0 saturated carbocycles. The number of ether oxygens (including phenoxy) is 2. The summed E-state index contributed by atoms with van der Waals surface area (Å²) in [5.74, 6) is -0.974. The lowest BCUT2D eigenvalue weighted by molar-refractivity contribution is -0.139. The molecule has 1 aromatic rings. The van der Waals surface area contributed by atoms with E-state index in [1.54, 1.807) is 13.0 Å². The van der Waals surface area contributed by atoms with Crippen LogP contribution in [0.5, 0.6) is 0 Å². The average Bonchev–Trinajstić information content (AvgIpc) is 2.72. The van der Waals surface area contributed by atoms with Crippen molar-refractivity contribution in [3.63, 3.8) is 0 Å². The van der Waals surface area contributed by atoms with Crippen LogP contribution in [0.3, 0.4) is 0 Å². The zero-order valence-corrected chi connectivity index (χ0v) is 17.9. The second-order valence-corrected chi connectivity index (χ2v) is 7.17. The van der Waals surface area contributed by atoms with Gasteiger partial charge in [0, 0.05) is 12.6 Å². The second kappa shape index (κ2) is 12.7. The molecule has 7 heteroatoms. The predicted octanol–water partition coefficient (Wildman–Crippen LogP) is 2.36. The monoisotopic (exact) mass is 404 g/mol. The molecule has 0 aliphatic carbocycles. The Bertz CT molecular complexity index is 700. The van der Waals surface area contributed by atoms with E-state index in [9.17, 15) is 14.4 Å². The van der Waals surface area contributed by atoms with Gasteiger partial charge in [0.15, 0.2) is 0 Å². The lowest BCUT2D eigenvalue weighted by Gasteiger charge is -2.25. The normalized spacial score (nSPS) is 13.5. The molecular weight excluding hydrogens is 372 g/mol. The number of esters is 1. The zero-order valence-electron chi connectivity index (χ0n) is 17.9. The molecule has 2 atom stereocenters. The number of hydrogen-bond donors (Lipinski definition) is 2. The predicted molar refractivity (Wildman–Crippen MR) is 111 cm³/mol. The fraction of sp³-hybridized carbons (Fsp3) is 0.500. The summed E-state index contributed by atoms with van der Waals surface area (Å²) in [5, 5.41) is 5.32. The fourth-order valence-corrected chi connectivity index (χ4v) is 2.68. The minimum atomic E-state index is -0.870. The Kier molecular flexibility index (Phi) is 10.7. The number of carbonyl (C=O) groups excluding carboxylic acids is 3. The van der Waals surface area contributed by atoms with Crippen molar-refractivity contribution in [2.75, 3.05) is 14.2 Å². The van der Waals surface area contributed by atoms with Crippen LogP contribution in [0.4, 0.5) is 0 Å². The Labute approximate surface area is 172 Å². The van der Waals surface area contributed by atoms with Gasteiger partial charge in [-0.2, -0.15) is 0 Å². The Morgan fingerprint density at radius 1 is 1.10 bits per heavy atom. The maximum Gasteiger partial charge on any atom is 0.309 e. The average molecular weight is 405 g/mol. The van der Waals surface area contributed by atoms with E-state index < -0.39 is 24.0 Å². The van der Waals surface area contributed by atoms with E-state index in [0.717, 1.165) is 5.56 Å². The molecular formula is C22H32N2O5. The minimum absolute atomic E-state index is 0.00330. The van der Waals surface area contributed by atoms with Crippen molar-refractivity contribution in [3.8, 4) is 0 Å². The van der Waals surface area contributed by atoms with Gasteiger partial charge < -0.3 is 20.1 Å². The molecule has 29 heavy (non-hydrogen) atoms. The molecule has 160 valence electrons. The van der Waals surface area contributed by atoms with Crippen molar-refractivity contribution in [2.24, 2.45) is 5.92 Å². The molecule has 0 saturated heterocycles. The van der Waals surface area contributed by atoms with Crippen molar-refractivity contribution in [3.05, 3.63) is 47.5 Å². The van der Waals surface area contributed by atoms with Crippen molar-refractivity contribution < 1.29 is 23.9 Å². The zero-order chi connectivity index (χ0) is 21.8. The van der Waals surface area contributed by atoms with Crippen LogP contribution in [0, 0.1) is 5.92 Å². The third-order valence-corrected chi connectivity index (χ3v) is 4.30. The summed E-state index contributed by atoms with van der Waals surface area (Å²) in [7, 11) is 2.80. The van der Waals surface area contributed by atoms with E-state index in [1.807, 2.05) is 44.2 Å². The molecule has 7 nitrogen and oxygen atoms in total. The first kappa shape index (κ1) is 24.4. The molecule has 0 spiro atoms. The molecule has 0 heterocycles. The van der Waals surface area contributed by atoms with Gasteiger partial charge >= 0.3 is 5.97 Å². The van der Waals surface area contributed by atoms with Crippen LogP contribution in [0.1, 0.15) is 39.2 Å². The highest BCUT2D eigenvalue weighted by Gasteiger charge is 2.28. The van der Waals surface area contributed by atoms with Crippen LogP contribution in [0.2, 0.25) is 0 Å². The van der Waals surface area contributed by atoms with E-state index in [-0.39, 0.29) is 18.2 Å². The van der Waals surface area contributed by atoms with Gasteiger partial charge in [0.05, 0.1) is 26.2 Å². The number of benzene rings is 1. The topological polar surface area (TPSA) is 93.7 Å². The number of methoxy groups -OCH3 is 1. The Hall–Kier alpha value is -2.67. The van der Waals surface area contributed by atoms with Crippen molar-refractivity contribution in [1.82, 2.24) is 10.6 Å². The number of amides is 2. The van der Waals surface area contributed by atoms with E-state index in [2.05, 4.69) is 15.4 Å².